The number of anilines is 3. The molecule has 0 spiro atoms. The summed E-state index contributed by atoms with van der Waals surface area (Å²) in [4.78, 5) is 13.2. The second-order valence-electron chi connectivity index (χ2n) is 14.8. The summed E-state index contributed by atoms with van der Waals surface area (Å²) >= 11 is 0. The van der Waals surface area contributed by atoms with Gasteiger partial charge in [-0.05, 0) is 64.2 Å². The first-order chi connectivity index (χ1) is 28.3. The van der Waals surface area contributed by atoms with Crippen LogP contribution in [-0.4, -0.2) is 9.97 Å². The summed E-state index contributed by atoms with van der Waals surface area (Å²) in [5.74, 6) is 0.622. The molecular weight excluding hydrogens is 699 g/mol. The number of furan rings is 2. The SMILES string of the molecule is c1ccc2c3c(ccc2c1)-c1cccc2cccc(c12)N3c1ccc(-c2nc(-c3cccc4c3oc3ccccc34)c3oc4ccccc4c3n2)c2ccccc12. The van der Waals surface area contributed by atoms with Crippen LogP contribution >= 0.6 is 0 Å². The number of rotatable bonds is 3. The molecule has 0 unspecified atom stereocenters. The first-order valence-corrected chi connectivity index (χ1v) is 19.2. The number of aromatic nitrogens is 2. The first kappa shape index (κ1) is 30.6. The van der Waals surface area contributed by atoms with Crippen molar-refractivity contribution >= 4 is 93.4 Å². The van der Waals surface area contributed by atoms with Crippen LogP contribution in [0.3, 0.4) is 0 Å². The van der Waals surface area contributed by atoms with Crippen LogP contribution in [0.1, 0.15) is 0 Å². The molecule has 1 aliphatic rings. The van der Waals surface area contributed by atoms with Gasteiger partial charge >= 0.3 is 0 Å². The number of benzene rings is 9. The summed E-state index contributed by atoms with van der Waals surface area (Å²) in [5, 5.41) is 10.1. The molecule has 0 saturated carbocycles. The molecule has 13 rings (SSSR count). The van der Waals surface area contributed by atoms with E-state index in [4.69, 9.17) is 18.8 Å². The Hall–Kier alpha value is -7.76. The molecule has 5 heteroatoms. The van der Waals surface area contributed by atoms with Crippen molar-refractivity contribution in [3.05, 3.63) is 176 Å². The summed E-state index contributed by atoms with van der Waals surface area (Å²) < 4.78 is 13.1. The monoisotopic (exact) mass is 727 g/mol. The van der Waals surface area contributed by atoms with Gasteiger partial charge in [0.2, 0.25) is 0 Å². The van der Waals surface area contributed by atoms with Gasteiger partial charge < -0.3 is 13.7 Å². The van der Waals surface area contributed by atoms with Gasteiger partial charge in [-0.15, -0.1) is 0 Å². The Morgan fingerprint density at radius 3 is 1.88 bits per heavy atom. The summed E-state index contributed by atoms with van der Waals surface area (Å²) in [6.07, 6.45) is 0. The van der Waals surface area contributed by atoms with Crippen LogP contribution in [0.25, 0.3) is 110 Å². The van der Waals surface area contributed by atoms with Gasteiger partial charge in [0.1, 0.15) is 28.0 Å². The Morgan fingerprint density at radius 2 is 1.00 bits per heavy atom. The van der Waals surface area contributed by atoms with E-state index in [0.29, 0.717) is 17.1 Å². The summed E-state index contributed by atoms with van der Waals surface area (Å²) in [6, 6.07) is 62.1. The number of fused-ring (bicyclic) bond motifs is 11. The Morgan fingerprint density at radius 1 is 0.368 bits per heavy atom. The van der Waals surface area contributed by atoms with Crippen molar-refractivity contribution in [2.75, 3.05) is 4.90 Å². The van der Waals surface area contributed by atoms with Gasteiger partial charge in [0.05, 0.1) is 17.1 Å². The maximum atomic E-state index is 6.59. The van der Waals surface area contributed by atoms with E-state index < -0.39 is 0 Å². The Bertz CT molecular complexity index is 3670. The van der Waals surface area contributed by atoms with Gasteiger partial charge in [0.15, 0.2) is 11.4 Å². The van der Waals surface area contributed by atoms with Crippen LogP contribution in [-0.2, 0) is 0 Å². The predicted molar refractivity (Wildman–Crippen MR) is 234 cm³/mol. The predicted octanol–water partition coefficient (Wildman–Crippen LogP) is 14.5. The van der Waals surface area contributed by atoms with E-state index in [9.17, 15) is 0 Å². The van der Waals surface area contributed by atoms with E-state index in [1.54, 1.807) is 0 Å². The Kier molecular flexibility index (Phi) is 6.10. The maximum absolute atomic E-state index is 6.59. The highest BCUT2D eigenvalue weighted by atomic mass is 16.3. The zero-order valence-electron chi connectivity index (χ0n) is 30.4. The molecule has 0 bridgehead atoms. The lowest BCUT2D eigenvalue weighted by molar-refractivity contribution is 0.663. The third kappa shape index (κ3) is 4.23. The molecule has 12 aromatic rings. The standard InChI is InChI=1S/C52H29N3O2/c1-2-15-32-30(12-1)26-27-37-36-20-9-13-31-14-10-23-43(46(31)36)55(49(32)37)42-29-28-39(33-16-3-4-17-34(33)42)52-53-47-40-19-6-8-25-45(40)57-51(47)48(54-52)41-22-11-21-38-35-18-5-7-24-44(35)56-50(38)41/h1-29H. The highest BCUT2D eigenvalue weighted by Crippen LogP contribution is 2.55. The lowest BCUT2D eigenvalue weighted by atomic mass is 9.88. The van der Waals surface area contributed by atoms with Crippen molar-refractivity contribution in [3.63, 3.8) is 0 Å². The fraction of sp³-hybridized carbons (Fsp3) is 0. The van der Waals surface area contributed by atoms with Crippen LogP contribution in [0.2, 0.25) is 0 Å². The van der Waals surface area contributed by atoms with Crippen molar-refractivity contribution in [1.29, 1.82) is 0 Å². The van der Waals surface area contributed by atoms with Crippen LogP contribution < -0.4 is 4.90 Å². The first-order valence-electron chi connectivity index (χ1n) is 19.2. The van der Waals surface area contributed by atoms with Gasteiger partial charge in [0, 0.05) is 49.0 Å². The lowest BCUT2D eigenvalue weighted by Gasteiger charge is -2.35. The van der Waals surface area contributed by atoms with E-state index in [1.165, 1.54) is 38.4 Å². The molecule has 0 radical (unpaired) electrons. The molecule has 4 heterocycles. The Balaban J connectivity index is 1.10. The Labute approximate surface area is 325 Å². The van der Waals surface area contributed by atoms with Crippen molar-refractivity contribution in [2.24, 2.45) is 0 Å². The molecule has 0 fully saturated rings. The minimum absolute atomic E-state index is 0.622. The molecule has 9 aromatic carbocycles. The van der Waals surface area contributed by atoms with Crippen LogP contribution in [0.5, 0.6) is 0 Å². The molecule has 1 aliphatic heterocycles. The van der Waals surface area contributed by atoms with E-state index >= 15 is 0 Å². The average Bonchev–Trinajstić information content (AvgIpc) is 3.85. The topological polar surface area (TPSA) is 55.3 Å². The van der Waals surface area contributed by atoms with Gasteiger partial charge in [-0.25, -0.2) is 9.97 Å². The second-order valence-corrected chi connectivity index (χ2v) is 14.8. The minimum atomic E-state index is 0.622. The van der Waals surface area contributed by atoms with E-state index in [0.717, 1.165) is 71.7 Å². The molecule has 3 aromatic heterocycles. The van der Waals surface area contributed by atoms with Gasteiger partial charge in [0.25, 0.3) is 0 Å². The molecule has 5 nitrogen and oxygen atoms in total. The molecule has 57 heavy (non-hydrogen) atoms. The van der Waals surface area contributed by atoms with Crippen LogP contribution in [0.4, 0.5) is 17.1 Å². The summed E-state index contributed by atoms with van der Waals surface area (Å²) in [6.45, 7) is 0. The summed E-state index contributed by atoms with van der Waals surface area (Å²) in [7, 11) is 0. The van der Waals surface area contributed by atoms with E-state index in [1.807, 2.05) is 36.4 Å². The smallest absolute Gasteiger partial charge is 0.180 e. The van der Waals surface area contributed by atoms with Crippen molar-refractivity contribution in [2.45, 2.75) is 0 Å². The number of hydrogen-bond donors (Lipinski definition) is 0. The normalized spacial score (nSPS) is 12.5. The molecular formula is C52H29N3O2. The minimum Gasteiger partial charge on any atom is -0.455 e. The summed E-state index contributed by atoms with van der Waals surface area (Å²) in [5.41, 5.74) is 12.2. The van der Waals surface area contributed by atoms with Gasteiger partial charge in [-0.2, -0.15) is 0 Å². The fourth-order valence-electron chi connectivity index (χ4n) is 9.32. The van der Waals surface area contributed by atoms with Crippen molar-refractivity contribution < 1.29 is 8.83 Å². The number of nitrogens with zero attached hydrogens (tertiary/aromatic N) is 3. The highest BCUT2D eigenvalue weighted by molar-refractivity contribution is 6.21. The van der Waals surface area contributed by atoms with Crippen molar-refractivity contribution in [1.82, 2.24) is 9.97 Å². The van der Waals surface area contributed by atoms with E-state index in [2.05, 4.69) is 144 Å². The zero-order valence-corrected chi connectivity index (χ0v) is 30.4. The van der Waals surface area contributed by atoms with Gasteiger partial charge in [-0.1, -0.05) is 133 Å². The molecule has 0 aliphatic carbocycles. The van der Waals surface area contributed by atoms with Gasteiger partial charge in [-0.3, -0.25) is 0 Å². The van der Waals surface area contributed by atoms with Crippen molar-refractivity contribution in [3.8, 4) is 33.8 Å². The lowest BCUT2D eigenvalue weighted by Crippen LogP contribution is -2.16. The molecule has 264 valence electrons. The largest absolute Gasteiger partial charge is 0.455 e. The number of para-hydroxylation sites is 3. The number of hydrogen-bond acceptors (Lipinski definition) is 5. The molecule has 0 N–H and O–H groups in total. The molecule has 0 atom stereocenters. The molecule has 0 saturated heterocycles. The maximum Gasteiger partial charge on any atom is 0.180 e. The quantitative estimate of drug-likeness (QED) is 0.181. The average molecular weight is 728 g/mol. The zero-order chi connectivity index (χ0) is 37.2. The second kappa shape index (κ2) is 11.4. The third-order valence-corrected chi connectivity index (χ3v) is 11.8. The third-order valence-electron chi connectivity index (χ3n) is 11.8. The van der Waals surface area contributed by atoms with Crippen LogP contribution in [0, 0.1) is 0 Å². The molecule has 0 amide bonds. The van der Waals surface area contributed by atoms with E-state index in [-0.39, 0.29) is 0 Å². The highest BCUT2D eigenvalue weighted by Gasteiger charge is 2.30. The van der Waals surface area contributed by atoms with Crippen LogP contribution in [0.15, 0.2) is 185 Å². The fourth-order valence-corrected chi connectivity index (χ4v) is 9.32.